The van der Waals surface area contributed by atoms with Gasteiger partial charge < -0.3 is 19.1 Å². The molecule has 2 aromatic heterocycles. The standard InChI is InChI=1S/C34H30F3N3O4/c1-20-6-7-22(30(12-20)43-2)17-44-32-5-3-4-27(39-32)24-16-25(36)23(13-26(24)37)15-31-38-28-9-8-21(33(41)42)14-29(28)40(31)19-34(18-35)10-11-34/h3-9,12-14,16H,10-11,15,17-19H2,1-2H3,(H,41,42). The average Bonchev–Trinajstić information content (AvgIpc) is 3.72. The number of fused-ring (bicyclic) bond motifs is 1. The molecule has 0 spiro atoms. The average molecular weight is 602 g/mol. The highest BCUT2D eigenvalue weighted by atomic mass is 19.1. The monoisotopic (exact) mass is 601 g/mol. The molecule has 3 aromatic carbocycles. The molecule has 0 saturated heterocycles. The van der Waals surface area contributed by atoms with Gasteiger partial charge in [-0.05, 0) is 73.4 Å². The maximum atomic E-state index is 15.5. The molecular weight excluding hydrogens is 571 g/mol. The Hall–Kier alpha value is -4.86. The molecule has 0 unspecified atom stereocenters. The van der Waals surface area contributed by atoms with Gasteiger partial charge in [-0.25, -0.2) is 23.5 Å². The Morgan fingerprint density at radius 2 is 1.82 bits per heavy atom. The number of aromatic nitrogens is 3. The Labute approximate surface area is 251 Å². The second-order valence-corrected chi connectivity index (χ2v) is 11.3. The van der Waals surface area contributed by atoms with Crippen molar-refractivity contribution in [1.29, 1.82) is 0 Å². The summed E-state index contributed by atoms with van der Waals surface area (Å²) in [7, 11) is 1.58. The molecule has 226 valence electrons. The summed E-state index contributed by atoms with van der Waals surface area (Å²) in [5.41, 5.74) is 2.62. The SMILES string of the molecule is COc1cc(C)ccc1COc1cccc(-c2cc(F)c(Cc3nc4ccc(C(=O)O)cc4n3CC3(CF)CC3)cc2F)n1. The van der Waals surface area contributed by atoms with E-state index in [-0.39, 0.29) is 47.8 Å². The number of halogens is 3. The van der Waals surface area contributed by atoms with Crippen molar-refractivity contribution in [3.8, 4) is 22.9 Å². The van der Waals surface area contributed by atoms with E-state index in [1.54, 1.807) is 35.9 Å². The Kier molecular flexibility index (Phi) is 7.75. The number of ether oxygens (including phenoxy) is 2. The predicted octanol–water partition coefficient (Wildman–Crippen LogP) is 7.31. The minimum Gasteiger partial charge on any atom is -0.496 e. The van der Waals surface area contributed by atoms with Crippen LogP contribution in [-0.4, -0.2) is 39.4 Å². The number of alkyl halides is 1. The maximum absolute atomic E-state index is 15.5. The number of benzene rings is 3. The first kappa shape index (κ1) is 29.2. The van der Waals surface area contributed by atoms with E-state index in [0.717, 1.165) is 23.3 Å². The zero-order chi connectivity index (χ0) is 31.0. The Balaban J connectivity index is 1.28. The largest absolute Gasteiger partial charge is 0.496 e. The summed E-state index contributed by atoms with van der Waals surface area (Å²) in [6, 6.07) is 17.3. The Morgan fingerprint density at radius 3 is 2.55 bits per heavy atom. The number of hydrogen-bond acceptors (Lipinski definition) is 5. The van der Waals surface area contributed by atoms with Gasteiger partial charge in [-0.1, -0.05) is 18.2 Å². The van der Waals surface area contributed by atoms with Crippen LogP contribution in [0.3, 0.4) is 0 Å². The molecule has 0 aliphatic heterocycles. The number of carbonyl (C=O) groups is 1. The first-order valence-corrected chi connectivity index (χ1v) is 14.2. The highest BCUT2D eigenvalue weighted by Gasteiger charge is 2.44. The molecule has 0 bridgehead atoms. The minimum absolute atomic E-state index is 0.0291. The van der Waals surface area contributed by atoms with Crippen LogP contribution in [0.2, 0.25) is 0 Å². The van der Waals surface area contributed by atoms with Crippen molar-refractivity contribution in [2.24, 2.45) is 5.41 Å². The lowest BCUT2D eigenvalue weighted by Crippen LogP contribution is -2.16. The zero-order valence-corrected chi connectivity index (χ0v) is 24.2. The molecule has 6 rings (SSSR count). The van der Waals surface area contributed by atoms with E-state index in [2.05, 4.69) is 9.97 Å². The van der Waals surface area contributed by atoms with Crippen LogP contribution in [0.15, 0.2) is 66.7 Å². The van der Waals surface area contributed by atoms with Crippen molar-refractivity contribution in [1.82, 2.24) is 14.5 Å². The number of aromatic carboxylic acids is 1. The van der Waals surface area contributed by atoms with Crippen molar-refractivity contribution in [2.45, 2.75) is 39.3 Å². The summed E-state index contributed by atoms with van der Waals surface area (Å²) in [6.07, 6.45) is 1.30. The lowest BCUT2D eigenvalue weighted by molar-refractivity contribution is 0.0697. The topological polar surface area (TPSA) is 86.5 Å². The van der Waals surface area contributed by atoms with E-state index >= 15 is 8.78 Å². The lowest BCUT2D eigenvalue weighted by atomic mass is 10.0. The van der Waals surface area contributed by atoms with Gasteiger partial charge in [0.2, 0.25) is 5.88 Å². The summed E-state index contributed by atoms with van der Waals surface area (Å²) in [6.45, 7) is 1.87. The van der Waals surface area contributed by atoms with Crippen LogP contribution < -0.4 is 9.47 Å². The van der Waals surface area contributed by atoms with Crippen LogP contribution in [-0.2, 0) is 19.6 Å². The van der Waals surface area contributed by atoms with Crippen LogP contribution >= 0.6 is 0 Å². The Bertz CT molecular complexity index is 1880. The molecule has 7 nitrogen and oxygen atoms in total. The van der Waals surface area contributed by atoms with E-state index in [9.17, 15) is 14.3 Å². The van der Waals surface area contributed by atoms with E-state index in [1.807, 2.05) is 25.1 Å². The third-order valence-corrected chi connectivity index (χ3v) is 8.11. The summed E-state index contributed by atoms with van der Waals surface area (Å²) in [5.74, 6) is -1.12. The summed E-state index contributed by atoms with van der Waals surface area (Å²) >= 11 is 0. The second-order valence-electron chi connectivity index (χ2n) is 11.3. The molecule has 5 aromatic rings. The normalized spacial score (nSPS) is 13.7. The molecule has 44 heavy (non-hydrogen) atoms. The van der Waals surface area contributed by atoms with Gasteiger partial charge in [-0.15, -0.1) is 0 Å². The van der Waals surface area contributed by atoms with Crippen molar-refractivity contribution < 1.29 is 32.5 Å². The molecule has 0 atom stereocenters. The van der Waals surface area contributed by atoms with Crippen LogP contribution in [0.1, 0.15) is 45.7 Å². The zero-order valence-electron chi connectivity index (χ0n) is 24.2. The molecule has 1 fully saturated rings. The van der Waals surface area contributed by atoms with Crippen molar-refractivity contribution >= 4 is 17.0 Å². The number of rotatable bonds is 11. The number of nitrogens with zero attached hydrogens (tertiary/aromatic N) is 3. The van der Waals surface area contributed by atoms with E-state index in [4.69, 9.17) is 9.47 Å². The van der Waals surface area contributed by atoms with Crippen LogP contribution in [0.5, 0.6) is 11.6 Å². The van der Waals surface area contributed by atoms with Crippen molar-refractivity contribution in [2.75, 3.05) is 13.8 Å². The van der Waals surface area contributed by atoms with Crippen LogP contribution in [0, 0.1) is 24.0 Å². The van der Waals surface area contributed by atoms with Gasteiger partial charge in [0.15, 0.2) is 0 Å². The Morgan fingerprint density at radius 1 is 1.00 bits per heavy atom. The quantitative estimate of drug-likeness (QED) is 0.171. The third-order valence-electron chi connectivity index (χ3n) is 8.11. The number of carboxylic acids is 1. The van der Waals surface area contributed by atoms with Crippen molar-refractivity contribution in [3.05, 3.63) is 106 Å². The fourth-order valence-electron chi connectivity index (χ4n) is 5.32. The molecule has 1 saturated carbocycles. The van der Waals surface area contributed by atoms with Gasteiger partial charge in [0, 0.05) is 35.6 Å². The number of imidazole rings is 1. The highest BCUT2D eigenvalue weighted by molar-refractivity contribution is 5.92. The highest BCUT2D eigenvalue weighted by Crippen LogP contribution is 2.48. The molecule has 1 aliphatic rings. The molecule has 1 N–H and O–H groups in total. The van der Waals surface area contributed by atoms with Gasteiger partial charge in [0.1, 0.15) is 29.8 Å². The number of methoxy groups -OCH3 is 1. The van der Waals surface area contributed by atoms with Gasteiger partial charge >= 0.3 is 5.97 Å². The molecule has 1 aliphatic carbocycles. The number of pyridine rings is 1. The first-order chi connectivity index (χ1) is 21.2. The van der Waals surface area contributed by atoms with E-state index < -0.39 is 29.7 Å². The number of hydrogen-bond donors (Lipinski definition) is 1. The third kappa shape index (κ3) is 5.84. The maximum Gasteiger partial charge on any atom is 0.335 e. The second kappa shape index (κ2) is 11.7. The van der Waals surface area contributed by atoms with Crippen LogP contribution in [0.4, 0.5) is 13.2 Å². The summed E-state index contributed by atoms with van der Waals surface area (Å²) < 4.78 is 57.9. The summed E-state index contributed by atoms with van der Waals surface area (Å²) in [4.78, 5) is 20.6. The number of aryl methyl sites for hydroxylation is 1. The minimum atomic E-state index is -1.10. The molecular formula is C34H30F3N3O4. The van der Waals surface area contributed by atoms with E-state index in [1.165, 1.54) is 12.1 Å². The molecule has 2 heterocycles. The first-order valence-electron chi connectivity index (χ1n) is 14.2. The molecule has 10 heteroatoms. The fraction of sp³-hybridized carbons (Fsp3) is 0.265. The number of carboxylic acid groups (broad SMARTS) is 1. The lowest BCUT2D eigenvalue weighted by Gasteiger charge is -2.16. The van der Waals surface area contributed by atoms with Crippen molar-refractivity contribution in [3.63, 3.8) is 0 Å². The van der Waals surface area contributed by atoms with E-state index in [0.29, 0.717) is 35.4 Å². The predicted molar refractivity (Wildman–Crippen MR) is 159 cm³/mol. The molecule has 0 amide bonds. The van der Waals surface area contributed by atoms with Gasteiger partial charge in [-0.3, -0.25) is 4.39 Å². The van der Waals surface area contributed by atoms with Gasteiger partial charge in [0.25, 0.3) is 0 Å². The van der Waals surface area contributed by atoms with Gasteiger partial charge in [-0.2, -0.15) is 0 Å². The smallest absolute Gasteiger partial charge is 0.335 e. The molecule has 0 radical (unpaired) electrons. The fourth-order valence-corrected chi connectivity index (χ4v) is 5.32. The van der Waals surface area contributed by atoms with Gasteiger partial charge in [0.05, 0.1) is 36.1 Å². The van der Waals surface area contributed by atoms with Crippen LogP contribution in [0.25, 0.3) is 22.3 Å². The summed E-state index contributed by atoms with van der Waals surface area (Å²) in [5, 5.41) is 9.49.